The van der Waals surface area contributed by atoms with Gasteiger partial charge in [0.1, 0.15) is 11.3 Å². The first kappa shape index (κ1) is 14.4. The highest BCUT2D eigenvalue weighted by molar-refractivity contribution is 6.28. The molecule has 1 aromatic carbocycles. The zero-order valence-corrected chi connectivity index (χ0v) is 12.6. The van der Waals surface area contributed by atoms with E-state index in [0.29, 0.717) is 29.1 Å². The number of Topliss-reactive ketones (excluding diaryl/α,β-unsaturated/α-hetero) is 1. The lowest BCUT2D eigenvalue weighted by molar-refractivity contribution is -0.126. The predicted molar refractivity (Wildman–Crippen MR) is 81.8 cm³/mol. The molecule has 0 aliphatic carbocycles. The lowest BCUT2D eigenvalue weighted by atomic mass is 9.87. The molecule has 2 aromatic rings. The van der Waals surface area contributed by atoms with Crippen molar-refractivity contribution in [2.75, 3.05) is 6.61 Å². The van der Waals surface area contributed by atoms with Gasteiger partial charge in [-0.25, -0.2) is 4.79 Å². The van der Waals surface area contributed by atoms with Crippen LogP contribution in [0.15, 0.2) is 39.7 Å². The predicted octanol–water partition coefficient (Wildman–Crippen LogP) is 2.91. The van der Waals surface area contributed by atoms with E-state index in [-0.39, 0.29) is 5.78 Å². The van der Waals surface area contributed by atoms with Gasteiger partial charge in [-0.3, -0.25) is 4.79 Å². The summed E-state index contributed by atoms with van der Waals surface area (Å²) in [5, 5.41) is 0.719. The molecule has 0 unspecified atom stereocenters. The molecule has 0 radical (unpaired) electrons. The maximum Gasteiger partial charge on any atom is 0.336 e. The molecule has 0 N–H and O–H groups in total. The van der Waals surface area contributed by atoms with Gasteiger partial charge in [0.25, 0.3) is 0 Å². The molecule has 2 heterocycles. The van der Waals surface area contributed by atoms with Crippen molar-refractivity contribution in [3.05, 3.63) is 46.5 Å². The van der Waals surface area contributed by atoms with Crippen LogP contribution in [-0.4, -0.2) is 18.0 Å². The Kier molecular flexibility index (Phi) is 3.28. The Hall–Kier alpha value is -2.56. The van der Waals surface area contributed by atoms with Crippen molar-refractivity contribution in [2.24, 2.45) is 0 Å². The summed E-state index contributed by atoms with van der Waals surface area (Å²) >= 11 is 0. The molecule has 0 fully saturated rings. The summed E-state index contributed by atoms with van der Waals surface area (Å²) in [6.45, 7) is 5.66. The zero-order chi connectivity index (χ0) is 15.9. The van der Waals surface area contributed by atoms with Crippen LogP contribution in [0, 0.1) is 0 Å². The molecule has 0 saturated carbocycles. The number of carbonyl (C=O) groups excluding carboxylic acids is 1. The first-order valence-electron chi connectivity index (χ1n) is 7.07. The molecule has 5 nitrogen and oxygen atoms in total. The highest BCUT2D eigenvalue weighted by Crippen LogP contribution is 2.41. The highest BCUT2D eigenvalue weighted by Gasteiger charge is 2.40. The molecular weight excluding hydrogens is 284 g/mol. The summed E-state index contributed by atoms with van der Waals surface area (Å²) in [5.74, 6) is 0.282. The fraction of sp³-hybridized carbons (Fsp3) is 0.294. The Bertz CT molecular complexity index is 842. The van der Waals surface area contributed by atoms with Crippen molar-refractivity contribution >= 4 is 22.3 Å². The van der Waals surface area contributed by atoms with Gasteiger partial charge in [-0.1, -0.05) is 0 Å². The van der Waals surface area contributed by atoms with Gasteiger partial charge in [-0.15, -0.1) is 0 Å². The van der Waals surface area contributed by atoms with E-state index >= 15 is 0 Å². The molecule has 1 aliphatic heterocycles. The molecule has 0 saturated heterocycles. The number of hydrogen-bond acceptors (Lipinski definition) is 5. The molecule has 114 valence electrons. The molecule has 0 amide bonds. The number of ketones is 1. The van der Waals surface area contributed by atoms with Gasteiger partial charge in [0.05, 0.1) is 24.0 Å². The Morgan fingerprint density at radius 1 is 1.18 bits per heavy atom. The first-order chi connectivity index (χ1) is 10.4. The second kappa shape index (κ2) is 5.02. The van der Waals surface area contributed by atoms with Crippen LogP contribution in [0.4, 0.5) is 0 Å². The van der Waals surface area contributed by atoms with Crippen LogP contribution in [0.5, 0.6) is 5.75 Å². The lowest BCUT2D eigenvalue weighted by Crippen LogP contribution is -2.42. The molecule has 0 spiro atoms. The van der Waals surface area contributed by atoms with E-state index in [0.717, 1.165) is 5.39 Å². The van der Waals surface area contributed by atoms with Crippen molar-refractivity contribution in [3.8, 4) is 5.75 Å². The third kappa shape index (κ3) is 2.19. The lowest BCUT2D eigenvalue weighted by Gasteiger charge is -2.32. The van der Waals surface area contributed by atoms with E-state index in [1.807, 2.05) is 6.92 Å². The topological polar surface area (TPSA) is 65.7 Å². The number of fused-ring (bicyclic) bond motifs is 3. The molecule has 0 bridgehead atoms. The minimum atomic E-state index is -1.00. The van der Waals surface area contributed by atoms with Gasteiger partial charge in [-0.2, -0.15) is 0 Å². The van der Waals surface area contributed by atoms with Crippen LogP contribution in [-0.2, 0) is 9.53 Å². The normalized spacial score (nSPS) is 18.1. The van der Waals surface area contributed by atoms with E-state index < -0.39 is 11.2 Å². The SMILES string of the molecule is CCOC=C1C(=O)C(C)(C)Oc2ccc3ccc(=O)oc3c21. The monoisotopic (exact) mass is 300 g/mol. The molecule has 0 atom stereocenters. The largest absolute Gasteiger partial charge is 0.501 e. The Morgan fingerprint density at radius 3 is 2.64 bits per heavy atom. The molecule has 3 rings (SSSR count). The third-order valence-corrected chi connectivity index (χ3v) is 3.55. The summed E-state index contributed by atoms with van der Waals surface area (Å²) in [4.78, 5) is 24.2. The van der Waals surface area contributed by atoms with E-state index in [1.165, 1.54) is 12.3 Å². The van der Waals surface area contributed by atoms with Crippen LogP contribution in [0.3, 0.4) is 0 Å². The van der Waals surface area contributed by atoms with E-state index in [9.17, 15) is 9.59 Å². The highest BCUT2D eigenvalue weighted by atomic mass is 16.5. The van der Waals surface area contributed by atoms with Gasteiger partial charge >= 0.3 is 5.63 Å². The summed E-state index contributed by atoms with van der Waals surface area (Å²) in [6, 6.07) is 6.56. The smallest absolute Gasteiger partial charge is 0.336 e. The summed E-state index contributed by atoms with van der Waals surface area (Å²) < 4.78 is 16.4. The first-order valence-corrected chi connectivity index (χ1v) is 7.07. The second-order valence-corrected chi connectivity index (χ2v) is 5.54. The van der Waals surface area contributed by atoms with Crippen LogP contribution < -0.4 is 10.4 Å². The van der Waals surface area contributed by atoms with E-state index in [1.54, 1.807) is 32.0 Å². The van der Waals surface area contributed by atoms with Crippen LogP contribution in [0.25, 0.3) is 16.5 Å². The number of ether oxygens (including phenoxy) is 2. The fourth-order valence-corrected chi connectivity index (χ4v) is 2.49. The summed E-state index contributed by atoms with van der Waals surface area (Å²) in [6.07, 6.45) is 1.41. The van der Waals surface area contributed by atoms with E-state index in [2.05, 4.69) is 0 Å². The van der Waals surface area contributed by atoms with Crippen molar-refractivity contribution < 1.29 is 18.7 Å². The van der Waals surface area contributed by atoms with Crippen LogP contribution in [0.1, 0.15) is 26.3 Å². The minimum absolute atomic E-state index is 0.215. The molecule has 22 heavy (non-hydrogen) atoms. The summed E-state index contributed by atoms with van der Waals surface area (Å²) in [5.41, 5.74) is -0.326. The van der Waals surface area contributed by atoms with Crippen molar-refractivity contribution in [1.82, 2.24) is 0 Å². The van der Waals surface area contributed by atoms with E-state index in [4.69, 9.17) is 13.9 Å². The van der Waals surface area contributed by atoms with Gasteiger partial charge < -0.3 is 13.9 Å². The summed E-state index contributed by atoms with van der Waals surface area (Å²) in [7, 11) is 0. The number of carbonyl (C=O) groups is 1. The van der Waals surface area contributed by atoms with Crippen LogP contribution >= 0.6 is 0 Å². The number of rotatable bonds is 2. The van der Waals surface area contributed by atoms with Crippen molar-refractivity contribution in [3.63, 3.8) is 0 Å². The molecule has 5 heteroatoms. The van der Waals surface area contributed by atoms with Crippen LogP contribution in [0.2, 0.25) is 0 Å². The Labute approximate surface area is 127 Å². The van der Waals surface area contributed by atoms with Gasteiger partial charge in [0, 0.05) is 11.5 Å². The third-order valence-electron chi connectivity index (χ3n) is 3.55. The Balaban J connectivity index is 2.36. The number of benzene rings is 1. The standard InChI is InChI=1S/C17H16O5/c1-4-20-9-11-14-12(22-17(2,3)16(11)19)7-5-10-6-8-13(18)21-15(10)14/h5-9H,4H2,1-3H3. The van der Waals surface area contributed by atoms with Gasteiger partial charge in [0.2, 0.25) is 5.78 Å². The molecule has 1 aliphatic rings. The maximum atomic E-state index is 12.7. The molecular formula is C17H16O5. The van der Waals surface area contributed by atoms with Crippen molar-refractivity contribution in [2.45, 2.75) is 26.4 Å². The second-order valence-electron chi connectivity index (χ2n) is 5.54. The van der Waals surface area contributed by atoms with Gasteiger partial charge in [-0.05, 0) is 39.0 Å². The quantitative estimate of drug-likeness (QED) is 0.484. The Morgan fingerprint density at radius 2 is 1.91 bits per heavy atom. The number of hydrogen-bond donors (Lipinski definition) is 0. The van der Waals surface area contributed by atoms with Gasteiger partial charge in [0.15, 0.2) is 5.60 Å². The van der Waals surface area contributed by atoms with Crippen molar-refractivity contribution in [1.29, 1.82) is 0 Å². The average molecular weight is 300 g/mol. The fourth-order valence-electron chi connectivity index (χ4n) is 2.49. The molecule has 1 aromatic heterocycles. The maximum absolute atomic E-state index is 12.7. The zero-order valence-electron chi connectivity index (χ0n) is 12.6. The average Bonchev–Trinajstić information content (AvgIpc) is 2.47. The minimum Gasteiger partial charge on any atom is -0.501 e.